The highest BCUT2D eigenvalue weighted by atomic mass is 19.1. The molecule has 0 amide bonds. The van der Waals surface area contributed by atoms with Gasteiger partial charge in [-0.25, -0.2) is 4.39 Å². The largest absolute Gasteiger partial charge is 0.392 e. The summed E-state index contributed by atoms with van der Waals surface area (Å²) in [6.45, 7) is 6.60. The number of nitrogens with zero attached hydrogens (tertiary/aromatic N) is 1. The predicted octanol–water partition coefficient (Wildman–Crippen LogP) is 3.31. The van der Waals surface area contributed by atoms with Gasteiger partial charge < -0.3 is 9.67 Å². The minimum atomic E-state index is -0.419. The Balaban J connectivity index is 2.24. The molecule has 0 radical (unpaired) electrons. The van der Waals surface area contributed by atoms with Crippen LogP contribution in [0.4, 0.5) is 4.39 Å². The Morgan fingerprint density at radius 1 is 1.26 bits per heavy atom. The molecule has 2 aromatic rings. The van der Waals surface area contributed by atoms with E-state index in [1.165, 1.54) is 11.6 Å². The van der Waals surface area contributed by atoms with Crippen LogP contribution in [0.15, 0.2) is 30.5 Å². The van der Waals surface area contributed by atoms with Gasteiger partial charge in [-0.2, -0.15) is 0 Å². The first-order valence-electron chi connectivity index (χ1n) is 6.59. The zero-order chi connectivity index (χ0) is 13.8. The van der Waals surface area contributed by atoms with Gasteiger partial charge in [0.2, 0.25) is 0 Å². The van der Waals surface area contributed by atoms with Crippen LogP contribution in [0.25, 0.3) is 11.3 Å². The van der Waals surface area contributed by atoms with Crippen molar-refractivity contribution in [3.05, 3.63) is 47.4 Å². The summed E-state index contributed by atoms with van der Waals surface area (Å²) >= 11 is 0. The normalized spacial score (nSPS) is 17.1. The first kappa shape index (κ1) is 12.4. The van der Waals surface area contributed by atoms with Crippen LogP contribution in [0.5, 0.6) is 0 Å². The zero-order valence-corrected chi connectivity index (χ0v) is 11.4. The highest BCUT2D eigenvalue weighted by Gasteiger charge is 2.37. The van der Waals surface area contributed by atoms with Crippen LogP contribution in [0, 0.1) is 5.82 Å². The van der Waals surface area contributed by atoms with Crippen molar-refractivity contribution in [1.82, 2.24) is 4.57 Å². The average Bonchev–Trinajstić information content (AvgIpc) is 2.79. The Bertz CT molecular complexity index is 640. The van der Waals surface area contributed by atoms with E-state index in [9.17, 15) is 9.50 Å². The number of benzene rings is 1. The molecule has 0 aliphatic heterocycles. The van der Waals surface area contributed by atoms with Crippen LogP contribution >= 0.6 is 0 Å². The topological polar surface area (TPSA) is 25.2 Å². The number of aliphatic hydroxyl groups excluding tert-OH is 1. The Morgan fingerprint density at radius 3 is 2.68 bits per heavy atom. The van der Waals surface area contributed by atoms with E-state index in [2.05, 4.69) is 19.9 Å². The maximum absolute atomic E-state index is 13.5. The van der Waals surface area contributed by atoms with Gasteiger partial charge in [-0.05, 0) is 36.2 Å². The van der Waals surface area contributed by atoms with Gasteiger partial charge in [0, 0.05) is 23.7 Å². The van der Waals surface area contributed by atoms with Gasteiger partial charge in [-0.3, -0.25) is 0 Å². The predicted molar refractivity (Wildman–Crippen MR) is 73.6 cm³/mol. The van der Waals surface area contributed by atoms with Gasteiger partial charge in [0.25, 0.3) is 0 Å². The molecule has 0 spiro atoms. The molecule has 3 heteroatoms. The summed E-state index contributed by atoms with van der Waals surface area (Å²) in [7, 11) is 0. The number of aromatic nitrogens is 1. The molecule has 1 aromatic heterocycles. The molecule has 0 fully saturated rings. The minimum absolute atomic E-state index is 0.109. The van der Waals surface area contributed by atoms with E-state index in [1.54, 1.807) is 13.0 Å². The molecule has 100 valence electrons. The first-order valence-corrected chi connectivity index (χ1v) is 6.59. The number of fused-ring (bicyclic) bond motifs is 3. The number of hydrogen-bond donors (Lipinski definition) is 1. The Morgan fingerprint density at radius 2 is 2.00 bits per heavy atom. The second-order valence-corrected chi connectivity index (χ2v) is 5.89. The van der Waals surface area contributed by atoms with Crippen molar-refractivity contribution in [2.24, 2.45) is 0 Å². The van der Waals surface area contributed by atoms with E-state index in [1.807, 2.05) is 16.8 Å². The third-order valence-electron chi connectivity index (χ3n) is 4.01. The zero-order valence-electron chi connectivity index (χ0n) is 11.4. The molecule has 1 atom stereocenters. The standard InChI is InChI=1S/C16H18FNO/c1-10(19)9-18-7-6-14-15(18)12-8-11(17)4-5-13(12)16(14,2)3/h4-8,10,19H,9H2,1-3H3/t10-/m0/s1. The van der Waals surface area contributed by atoms with Crippen molar-refractivity contribution in [2.45, 2.75) is 38.8 Å². The molecule has 1 N–H and O–H groups in total. The lowest BCUT2D eigenvalue weighted by atomic mass is 9.83. The fraction of sp³-hybridized carbons (Fsp3) is 0.375. The van der Waals surface area contributed by atoms with Gasteiger partial charge >= 0.3 is 0 Å². The van der Waals surface area contributed by atoms with Crippen LogP contribution in [-0.2, 0) is 12.0 Å². The van der Waals surface area contributed by atoms with Crippen LogP contribution in [0.3, 0.4) is 0 Å². The molecular formula is C16H18FNO. The fourth-order valence-electron chi connectivity index (χ4n) is 3.12. The molecule has 0 saturated carbocycles. The Kier molecular flexibility index (Phi) is 2.58. The lowest BCUT2D eigenvalue weighted by molar-refractivity contribution is 0.174. The maximum atomic E-state index is 13.5. The number of halogens is 1. The summed E-state index contributed by atoms with van der Waals surface area (Å²) in [6.07, 6.45) is 1.56. The molecule has 19 heavy (non-hydrogen) atoms. The smallest absolute Gasteiger partial charge is 0.123 e. The lowest BCUT2D eigenvalue weighted by Gasteiger charge is -2.19. The molecule has 0 unspecified atom stereocenters. The molecule has 1 heterocycles. The van der Waals surface area contributed by atoms with Gasteiger partial charge in [-0.15, -0.1) is 0 Å². The van der Waals surface area contributed by atoms with Crippen molar-refractivity contribution in [3.8, 4) is 11.3 Å². The van der Waals surface area contributed by atoms with E-state index in [0.29, 0.717) is 6.54 Å². The quantitative estimate of drug-likeness (QED) is 0.879. The fourth-order valence-corrected chi connectivity index (χ4v) is 3.12. The van der Waals surface area contributed by atoms with Crippen molar-refractivity contribution in [3.63, 3.8) is 0 Å². The van der Waals surface area contributed by atoms with Gasteiger partial charge in [0.1, 0.15) is 5.82 Å². The van der Waals surface area contributed by atoms with Crippen LogP contribution in [-0.4, -0.2) is 15.8 Å². The molecule has 1 aromatic carbocycles. The van der Waals surface area contributed by atoms with Crippen LogP contribution in [0.1, 0.15) is 31.9 Å². The summed E-state index contributed by atoms with van der Waals surface area (Å²) in [4.78, 5) is 0. The highest BCUT2D eigenvalue weighted by Crippen LogP contribution is 2.49. The summed E-state index contributed by atoms with van der Waals surface area (Å²) in [5.74, 6) is -0.216. The monoisotopic (exact) mass is 259 g/mol. The second kappa shape index (κ2) is 3.94. The summed E-state index contributed by atoms with van der Waals surface area (Å²) in [5, 5.41) is 9.59. The number of rotatable bonds is 2. The van der Waals surface area contributed by atoms with Gasteiger partial charge in [-0.1, -0.05) is 19.9 Å². The van der Waals surface area contributed by atoms with E-state index in [-0.39, 0.29) is 11.2 Å². The van der Waals surface area contributed by atoms with Gasteiger partial charge in [0.05, 0.1) is 11.8 Å². The lowest BCUT2D eigenvalue weighted by Crippen LogP contribution is -2.14. The maximum Gasteiger partial charge on any atom is 0.123 e. The van der Waals surface area contributed by atoms with Crippen molar-refractivity contribution in [2.75, 3.05) is 0 Å². The van der Waals surface area contributed by atoms with E-state index >= 15 is 0 Å². The van der Waals surface area contributed by atoms with E-state index in [4.69, 9.17) is 0 Å². The Labute approximate surface area is 112 Å². The molecular weight excluding hydrogens is 241 g/mol. The highest BCUT2D eigenvalue weighted by molar-refractivity contribution is 5.78. The van der Waals surface area contributed by atoms with E-state index in [0.717, 1.165) is 16.8 Å². The Hall–Kier alpha value is -1.61. The third-order valence-corrected chi connectivity index (χ3v) is 4.01. The second-order valence-electron chi connectivity index (χ2n) is 5.89. The van der Waals surface area contributed by atoms with Crippen LogP contribution < -0.4 is 0 Å². The SMILES string of the molecule is C[C@H](O)Cn1ccc2c1-c1cc(F)ccc1C2(C)C. The molecule has 3 rings (SSSR count). The van der Waals surface area contributed by atoms with Crippen molar-refractivity contribution < 1.29 is 9.50 Å². The van der Waals surface area contributed by atoms with Crippen molar-refractivity contribution in [1.29, 1.82) is 0 Å². The van der Waals surface area contributed by atoms with E-state index < -0.39 is 6.10 Å². The summed E-state index contributed by atoms with van der Waals surface area (Å²) in [5.41, 5.74) is 4.24. The number of hydrogen-bond acceptors (Lipinski definition) is 1. The average molecular weight is 259 g/mol. The van der Waals surface area contributed by atoms with Crippen LogP contribution in [0.2, 0.25) is 0 Å². The third kappa shape index (κ3) is 1.72. The molecule has 1 aliphatic carbocycles. The molecule has 2 nitrogen and oxygen atoms in total. The molecule has 1 aliphatic rings. The van der Waals surface area contributed by atoms with Gasteiger partial charge in [0.15, 0.2) is 0 Å². The minimum Gasteiger partial charge on any atom is -0.392 e. The molecule has 0 bridgehead atoms. The summed E-state index contributed by atoms with van der Waals surface area (Å²) in [6, 6.07) is 7.07. The summed E-state index contributed by atoms with van der Waals surface area (Å²) < 4.78 is 15.6. The first-order chi connectivity index (χ1) is 8.91. The number of aliphatic hydroxyl groups is 1. The van der Waals surface area contributed by atoms with Crippen molar-refractivity contribution >= 4 is 0 Å². The molecule has 0 saturated heterocycles.